The highest BCUT2D eigenvalue weighted by Crippen LogP contribution is 2.43. The number of aliphatic imine (C=N–C) groups is 1. The third-order valence-electron chi connectivity index (χ3n) is 18.7. The van der Waals surface area contributed by atoms with Gasteiger partial charge < -0.3 is 33.4 Å². The van der Waals surface area contributed by atoms with Gasteiger partial charge in [0.25, 0.3) is 0 Å². The van der Waals surface area contributed by atoms with Crippen molar-refractivity contribution in [2.24, 2.45) is 4.99 Å². The van der Waals surface area contributed by atoms with E-state index in [-0.39, 0.29) is 10.8 Å². The van der Waals surface area contributed by atoms with Gasteiger partial charge in [0.15, 0.2) is 0 Å². The molecule has 0 fully saturated rings. The maximum atomic E-state index is 7.00. The summed E-state index contributed by atoms with van der Waals surface area (Å²) in [5.74, 6) is 19.4. The Labute approximate surface area is 616 Å². The number of aromatic amines is 1. The molecular formula is C95H108N2O6. The van der Waals surface area contributed by atoms with Gasteiger partial charge in [-0.1, -0.05) is 278 Å². The number of hydrogen-bond acceptors (Lipinski definition) is 7. The van der Waals surface area contributed by atoms with Crippen molar-refractivity contribution in [2.45, 2.75) is 169 Å². The SMILES string of the molecule is CCCCCCCCCCOc1cc(OCCCCCCCCCC)cc(/C(=C2N=C(/C=C/c3ccc(OC)cc3)C(C#Cc3ccc(C(C)(C)C)cc3)=C/2/C=C/c2ccc(OC)cc2)c2[nH]c(/C=C/c3ccc(OC)cc3)c(C#Cc3ccc(C(C)(C)C)cc3)c2/C=C/c2ccc(OC)cc2)c1. The Kier molecular flexibility index (Phi) is 29.4. The number of benzene rings is 7. The summed E-state index contributed by atoms with van der Waals surface area (Å²) in [5, 5.41) is 0. The molecule has 0 spiro atoms. The molecule has 2 heterocycles. The van der Waals surface area contributed by atoms with Gasteiger partial charge in [-0.05, 0) is 160 Å². The minimum absolute atomic E-state index is 0.0348. The molecule has 0 saturated carbocycles. The Morgan fingerprint density at radius 1 is 0.388 bits per heavy atom. The summed E-state index contributed by atoms with van der Waals surface area (Å²) in [6.45, 7) is 19.1. The third-order valence-corrected chi connectivity index (χ3v) is 18.7. The van der Waals surface area contributed by atoms with Crippen molar-refractivity contribution >= 4 is 47.7 Å². The summed E-state index contributed by atoms with van der Waals surface area (Å²) in [5.41, 5.74) is 15.8. The predicted octanol–water partition coefficient (Wildman–Crippen LogP) is 24.4. The van der Waals surface area contributed by atoms with Crippen LogP contribution in [0.4, 0.5) is 0 Å². The number of allylic oxidation sites excluding steroid dienone is 3. The standard InChI is InChI=1S/C95H108N2O6/c1-13-15-17-19-21-23-25-27-65-102-83-67-76(68-84(69-83)103-66-28-26-24-22-20-18-16-14-2)91(92-87(61-43-72-33-51-79(98-9)52-34-72)85(59-41-70-29-47-77(48-30-70)94(3,4)5)89(96-92)63-45-74-37-55-81(100-11)56-38-74)93-88(62-44-73-35-53-80(99-10)54-36-73)86(60-42-71-31-49-78(50-32-71)95(6,7)8)90(97-93)64-46-75-39-57-82(101-12)58-40-75/h29-40,43-58,61-64,67-69,96H,13-28,65-66H2,1-12H3/b61-43+,62-44+,63-45+,64-46+,93-91-. The van der Waals surface area contributed by atoms with Crippen molar-refractivity contribution in [2.75, 3.05) is 41.7 Å². The largest absolute Gasteiger partial charge is 0.497 e. The summed E-state index contributed by atoms with van der Waals surface area (Å²) < 4.78 is 36.6. The normalized spacial score (nSPS) is 13.0. The van der Waals surface area contributed by atoms with Crippen molar-refractivity contribution in [1.82, 2.24) is 4.98 Å². The van der Waals surface area contributed by atoms with Gasteiger partial charge in [0.05, 0.1) is 75.6 Å². The molecule has 0 radical (unpaired) electrons. The first-order valence-electron chi connectivity index (χ1n) is 37.3. The highest BCUT2D eigenvalue weighted by molar-refractivity contribution is 6.18. The molecule has 8 heteroatoms. The third kappa shape index (κ3) is 23.4. The molecule has 9 rings (SSSR count). The lowest BCUT2D eigenvalue weighted by Crippen LogP contribution is -2.10. The Morgan fingerprint density at radius 2 is 0.767 bits per heavy atom. The van der Waals surface area contributed by atoms with Crippen LogP contribution in [0.5, 0.6) is 34.5 Å². The molecule has 0 aliphatic carbocycles. The first-order chi connectivity index (χ1) is 50.0. The van der Waals surface area contributed by atoms with E-state index in [1.54, 1.807) is 28.4 Å². The fraction of sp³-hybridized carbons (Fsp3) is 0.337. The second-order valence-corrected chi connectivity index (χ2v) is 28.6. The lowest BCUT2D eigenvalue weighted by molar-refractivity contribution is 0.289. The summed E-state index contributed by atoms with van der Waals surface area (Å²) in [7, 11) is 6.77. The summed E-state index contributed by atoms with van der Waals surface area (Å²) in [6.07, 6.45) is 36.1. The topological polar surface area (TPSA) is 83.5 Å². The number of aromatic nitrogens is 1. The molecule has 0 saturated heterocycles. The zero-order chi connectivity index (χ0) is 72.8. The summed E-state index contributed by atoms with van der Waals surface area (Å²) in [6, 6.07) is 56.1. The van der Waals surface area contributed by atoms with Gasteiger partial charge in [-0.2, -0.15) is 0 Å². The smallest absolute Gasteiger partial charge is 0.123 e. The molecule has 8 nitrogen and oxygen atoms in total. The number of nitrogens with one attached hydrogen (secondary N) is 1. The van der Waals surface area contributed by atoms with Gasteiger partial charge in [0, 0.05) is 33.9 Å². The molecule has 0 atom stereocenters. The molecular weight excluding hydrogens is 1270 g/mol. The van der Waals surface area contributed by atoms with Gasteiger partial charge >= 0.3 is 0 Å². The first kappa shape index (κ1) is 77.0. The van der Waals surface area contributed by atoms with Crippen LogP contribution in [-0.2, 0) is 10.8 Å². The van der Waals surface area contributed by atoms with Gasteiger partial charge in [-0.15, -0.1) is 0 Å². The van der Waals surface area contributed by atoms with Crippen LogP contribution >= 0.6 is 0 Å². The van der Waals surface area contributed by atoms with Crippen LogP contribution in [0.25, 0.3) is 42.0 Å². The van der Waals surface area contributed by atoms with Crippen LogP contribution < -0.4 is 28.4 Å². The first-order valence-corrected chi connectivity index (χ1v) is 37.3. The minimum Gasteiger partial charge on any atom is -0.497 e. The molecule has 0 bridgehead atoms. The lowest BCUT2D eigenvalue weighted by Gasteiger charge is -2.18. The van der Waals surface area contributed by atoms with Crippen LogP contribution in [-0.4, -0.2) is 52.3 Å². The monoisotopic (exact) mass is 1370 g/mol. The molecule has 7 aromatic carbocycles. The number of methoxy groups -OCH3 is 4. The van der Waals surface area contributed by atoms with Crippen molar-refractivity contribution in [1.29, 1.82) is 0 Å². The number of ether oxygens (including phenoxy) is 6. The quantitative estimate of drug-likeness (QED) is 0.0320. The number of unbranched alkanes of at least 4 members (excludes halogenated alkanes) is 14. The van der Waals surface area contributed by atoms with Crippen molar-refractivity contribution < 1.29 is 28.4 Å². The molecule has 534 valence electrons. The van der Waals surface area contributed by atoms with E-state index in [4.69, 9.17) is 33.4 Å². The molecule has 103 heavy (non-hydrogen) atoms. The molecule has 1 N–H and O–H groups in total. The zero-order valence-electron chi connectivity index (χ0n) is 63.3. The van der Waals surface area contributed by atoms with E-state index in [2.05, 4.69) is 248 Å². The molecule has 0 amide bonds. The van der Waals surface area contributed by atoms with E-state index in [0.717, 1.165) is 127 Å². The van der Waals surface area contributed by atoms with Crippen LogP contribution in [0.1, 0.15) is 231 Å². The molecule has 1 aliphatic rings. The fourth-order valence-corrected chi connectivity index (χ4v) is 12.3. The predicted molar refractivity (Wildman–Crippen MR) is 435 cm³/mol. The zero-order valence-corrected chi connectivity index (χ0v) is 63.3. The number of rotatable bonds is 34. The Morgan fingerprint density at radius 3 is 1.17 bits per heavy atom. The molecule has 0 unspecified atom stereocenters. The van der Waals surface area contributed by atoms with Gasteiger partial charge in [-0.25, -0.2) is 4.99 Å². The van der Waals surface area contributed by atoms with E-state index in [9.17, 15) is 0 Å². The highest BCUT2D eigenvalue weighted by atomic mass is 16.5. The highest BCUT2D eigenvalue weighted by Gasteiger charge is 2.29. The second-order valence-electron chi connectivity index (χ2n) is 28.6. The second kappa shape index (κ2) is 39.3. The van der Waals surface area contributed by atoms with Crippen LogP contribution in [0.3, 0.4) is 0 Å². The van der Waals surface area contributed by atoms with E-state index < -0.39 is 0 Å². The molecule has 1 aromatic heterocycles. The van der Waals surface area contributed by atoms with Crippen molar-refractivity contribution in [3.63, 3.8) is 0 Å². The van der Waals surface area contributed by atoms with E-state index in [0.29, 0.717) is 36.1 Å². The maximum Gasteiger partial charge on any atom is 0.123 e. The van der Waals surface area contributed by atoms with Gasteiger partial charge in [-0.3, -0.25) is 0 Å². The number of H-pyrrole nitrogens is 1. The number of nitrogens with zero attached hydrogens (tertiary/aromatic N) is 1. The van der Waals surface area contributed by atoms with Crippen LogP contribution in [0.2, 0.25) is 0 Å². The maximum absolute atomic E-state index is 7.00. The minimum atomic E-state index is -0.0368. The van der Waals surface area contributed by atoms with Crippen molar-refractivity contribution in [3.8, 4) is 58.2 Å². The fourth-order valence-electron chi connectivity index (χ4n) is 12.3. The van der Waals surface area contributed by atoms with E-state index >= 15 is 0 Å². The molecule has 1 aliphatic heterocycles. The lowest BCUT2D eigenvalue weighted by atomic mass is 9.87. The Hall–Kier alpha value is -10.2. The van der Waals surface area contributed by atoms with Gasteiger partial charge in [0.1, 0.15) is 34.5 Å². The summed E-state index contributed by atoms with van der Waals surface area (Å²) in [4.78, 5) is 10.0. The average molecular weight is 1370 g/mol. The number of hydrogen-bond donors (Lipinski definition) is 1. The van der Waals surface area contributed by atoms with E-state index in [1.807, 2.05) is 48.5 Å². The van der Waals surface area contributed by atoms with E-state index in [1.165, 1.54) is 88.2 Å². The Bertz CT molecular complexity index is 4320. The average Bonchev–Trinajstić information content (AvgIpc) is 1.61. The van der Waals surface area contributed by atoms with Crippen LogP contribution in [0.15, 0.2) is 198 Å². The van der Waals surface area contributed by atoms with Gasteiger partial charge in [0.2, 0.25) is 0 Å². The summed E-state index contributed by atoms with van der Waals surface area (Å²) >= 11 is 0. The van der Waals surface area contributed by atoms with Crippen LogP contribution in [0, 0.1) is 23.7 Å². The Balaban J connectivity index is 1.39. The van der Waals surface area contributed by atoms with Crippen molar-refractivity contribution in [3.05, 3.63) is 265 Å². The molecule has 8 aromatic rings.